The summed E-state index contributed by atoms with van der Waals surface area (Å²) in [5.41, 5.74) is 2.61. The smallest absolute Gasteiger partial charge is 0.315 e. The zero-order chi connectivity index (χ0) is 16.8. The maximum Gasteiger partial charge on any atom is 0.315 e. The molecule has 2 amide bonds. The minimum Gasteiger partial charge on any atom is -0.338 e. The maximum absolute atomic E-state index is 11.8. The Labute approximate surface area is 143 Å². The summed E-state index contributed by atoms with van der Waals surface area (Å²) in [5, 5.41) is 9.47. The highest BCUT2D eigenvalue weighted by Gasteiger charge is 2.32. The van der Waals surface area contributed by atoms with Crippen LogP contribution in [0.25, 0.3) is 0 Å². The van der Waals surface area contributed by atoms with Crippen LogP contribution in [0.15, 0.2) is 60.7 Å². The van der Waals surface area contributed by atoms with Crippen LogP contribution in [-0.2, 0) is 0 Å². The molecule has 3 N–H and O–H groups in total. The zero-order valence-corrected chi connectivity index (χ0v) is 14.0. The molecule has 0 unspecified atom stereocenters. The Morgan fingerprint density at radius 1 is 1.08 bits per heavy atom. The van der Waals surface area contributed by atoms with Crippen LogP contribution in [-0.4, -0.2) is 31.2 Å². The molecule has 1 heterocycles. The van der Waals surface area contributed by atoms with Crippen molar-refractivity contribution in [1.29, 1.82) is 0 Å². The average molecular weight is 323 g/mol. The first-order valence-corrected chi connectivity index (χ1v) is 8.65. The van der Waals surface area contributed by atoms with E-state index in [0.717, 1.165) is 13.0 Å². The van der Waals surface area contributed by atoms with Crippen LogP contribution in [0, 0.1) is 0 Å². The van der Waals surface area contributed by atoms with E-state index in [2.05, 4.69) is 64.5 Å². The molecule has 2 atom stereocenters. The van der Waals surface area contributed by atoms with Gasteiger partial charge < -0.3 is 16.0 Å². The maximum atomic E-state index is 11.8. The Morgan fingerprint density at radius 2 is 1.67 bits per heavy atom. The molecule has 4 heteroatoms. The van der Waals surface area contributed by atoms with Gasteiger partial charge in [-0.2, -0.15) is 0 Å². The van der Waals surface area contributed by atoms with Crippen molar-refractivity contribution in [3.8, 4) is 0 Å². The van der Waals surface area contributed by atoms with Gasteiger partial charge in [0.15, 0.2) is 0 Å². The van der Waals surface area contributed by atoms with E-state index >= 15 is 0 Å². The number of hydrogen-bond donors (Lipinski definition) is 3. The molecule has 126 valence electrons. The van der Waals surface area contributed by atoms with Crippen molar-refractivity contribution in [3.05, 3.63) is 71.8 Å². The summed E-state index contributed by atoms with van der Waals surface area (Å²) < 4.78 is 0. The molecular formula is C20H25N3O. The van der Waals surface area contributed by atoms with E-state index in [0.29, 0.717) is 12.6 Å². The molecule has 1 fully saturated rings. The number of benzene rings is 2. The number of amides is 2. The molecule has 2 aromatic carbocycles. The van der Waals surface area contributed by atoms with E-state index in [1.165, 1.54) is 11.1 Å². The van der Waals surface area contributed by atoms with Gasteiger partial charge in [0.2, 0.25) is 0 Å². The van der Waals surface area contributed by atoms with E-state index in [4.69, 9.17) is 0 Å². The number of carbonyl (C=O) groups excluding carboxylic acids is 1. The summed E-state index contributed by atoms with van der Waals surface area (Å²) in [7, 11) is 0. The molecule has 3 rings (SSSR count). The molecule has 0 bridgehead atoms. The molecule has 0 aliphatic carbocycles. The quantitative estimate of drug-likeness (QED) is 0.792. The van der Waals surface area contributed by atoms with E-state index < -0.39 is 0 Å². The highest BCUT2D eigenvalue weighted by atomic mass is 16.2. The van der Waals surface area contributed by atoms with Crippen molar-refractivity contribution in [2.75, 3.05) is 13.1 Å². The zero-order valence-electron chi connectivity index (χ0n) is 14.0. The van der Waals surface area contributed by atoms with Gasteiger partial charge in [0.05, 0.1) is 0 Å². The van der Waals surface area contributed by atoms with Crippen molar-refractivity contribution in [1.82, 2.24) is 16.0 Å². The van der Waals surface area contributed by atoms with Gasteiger partial charge in [-0.15, -0.1) is 0 Å². The van der Waals surface area contributed by atoms with Gasteiger partial charge in [-0.25, -0.2) is 4.79 Å². The van der Waals surface area contributed by atoms with Gasteiger partial charge in [-0.3, -0.25) is 0 Å². The molecule has 0 aromatic heterocycles. The Balaban J connectivity index is 1.77. The largest absolute Gasteiger partial charge is 0.338 e. The molecule has 0 spiro atoms. The number of nitrogens with one attached hydrogen (secondary N) is 3. The number of urea groups is 1. The monoisotopic (exact) mass is 323 g/mol. The highest BCUT2D eigenvalue weighted by molar-refractivity contribution is 5.74. The first kappa shape index (κ1) is 16.5. The predicted molar refractivity (Wildman–Crippen MR) is 97.1 cm³/mol. The lowest BCUT2D eigenvalue weighted by atomic mass is 9.84. The molecule has 1 saturated heterocycles. The summed E-state index contributed by atoms with van der Waals surface area (Å²) in [6.07, 6.45) is 0.922. The van der Waals surface area contributed by atoms with E-state index in [-0.39, 0.29) is 18.0 Å². The van der Waals surface area contributed by atoms with Crippen molar-refractivity contribution >= 4 is 6.03 Å². The fraction of sp³-hybridized carbons (Fsp3) is 0.350. The molecule has 4 nitrogen and oxygen atoms in total. The van der Waals surface area contributed by atoms with Gasteiger partial charge in [0.1, 0.15) is 0 Å². The second-order valence-corrected chi connectivity index (χ2v) is 6.25. The summed E-state index contributed by atoms with van der Waals surface area (Å²) in [5.74, 6) is 0.286. The first-order valence-electron chi connectivity index (χ1n) is 8.65. The molecule has 1 aliphatic heterocycles. The van der Waals surface area contributed by atoms with Crippen LogP contribution in [0.2, 0.25) is 0 Å². The standard InChI is InChI=1S/C20H25N3O/c1-2-21-20(24)23-17-13-18(22-14-17)19(15-9-5-3-6-10-15)16-11-7-4-8-12-16/h3-12,17-19,22H,2,13-14H2,1H3,(H2,21,23,24)/t17-,18-/m1/s1. The van der Waals surface area contributed by atoms with Crippen molar-refractivity contribution in [3.63, 3.8) is 0 Å². The van der Waals surface area contributed by atoms with Crippen molar-refractivity contribution in [2.24, 2.45) is 0 Å². The first-order chi connectivity index (χ1) is 11.8. The van der Waals surface area contributed by atoms with Crippen LogP contribution in [0.5, 0.6) is 0 Å². The Kier molecular flexibility index (Phi) is 5.49. The van der Waals surface area contributed by atoms with Crippen molar-refractivity contribution < 1.29 is 4.79 Å². The lowest BCUT2D eigenvalue weighted by molar-refractivity contribution is 0.238. The van der Waals surface area contributed by atoms with Gasteiger partial charge >= 0.3 is 6.03 Å². The third-order valence-electron chi connectivity index (χ3n) is 4.56. The Bertz CT molecular complexity index is 605. The van der Waals surface area contributed by atoms with Gasteiger partial charge in [0, 0.05) is 31.1 Å². The van der Waals surface area contributed by atoms with Gasteiger partial charge in [-0.1, -0.05) is 60.7 Å². The highest BCUT2D eigenvalue weighted by Crippen LogP contribution is 2.32. The topological polar surface area (TPSA) is 53.2 Å². The fourth-order valence-electron chi connectivity index (χ4n) is 3.51. The molecule has 0 radical (unpaired) electrons. The number of carbonyl (C=O) groups is 1. The van der Waals surface area contributed by atoms with Crippen LogP contribution in [0.3, 0.4) is 0 Å². The third kappa shape index (κ3) is 3.95. The minimum atomic E-state index is -0.0825. The lowest BCUT2D eigenvalue weighted by Gasteiger charge is -2.25. The molecule has 1 aliphatic rings. The fourth-order valence-corrected chi connectivity index (χ4v) is 3.51. The summed E-state index contributed by atoms with van der Waals surface area (Å²) >= 11 is 0. The van der Waals surface area contributed by atoms with E-state index in [1.54, 1.807) is 0 Å². The molecule has 0 saturated carbocycles. The second-order valence-electron chi connectivity index (χ2n) is 6.25. The molecule has 2 aromatic rings. The molecule has 24 heavy (non-hydrogen) atoms. The van der Waals surface area contributed by atoms with Crippen LogP contribution in [0.4, 0.5) is 4.79 Å². The van der Waals surface area contributed by atoms with Crippen LogP contribution in [0.1, 0.15) is 30.4 Å². The minimum absolute atomic E-state index is 0.0825. The lowest BCUT2D eigenvalue weighted by Crippen LogP contribution is -2.42. The summed E-state index contributed by atoms with van der Waals surface area (Å²) in [4.78, 5) is 11.8. The summed E-state index contributed by atoms with van der Waals surface area (Å²) in [6, 6.07) is 21.6. The predicted octanol–water partition coefficient (Wildman–Crippen LogP) is 2.87. The Morgan fingerprint density at radius 3 is 2.21 bits per heavy atom. The van der Waals surface area contributed by atoms with Gasteiger partial charge in [-0.05, 0) is 24.5 Å². The van der Waals surface area contributed by atoms with E-state index in [1.807, 2.05) is 19.1 Å². The van der Waals surface area contributed by atoms with Crippen LogP contribution < -0.4 is 16.0 Å². The average Bonchev–Trinajstić information content (AvgIpc) is 3.05. The SMILES string of the molecule is CCNC(=O)N[C@H]1CN[C@@H](C(c2ccccc2)c2ccccc2)C1. The van der Waals surface area contributed by atoms with Gasteiger partial charge in [0.25, 0.3) is 0 Å². The number of hydrogen-bond acceptors (Lipinski definition) is 2. The van der Waals surface area contributed by atoms with Crippen LogP contribution >= 0.6 is 0 Å². The van der Waals surface area contributed by atoms with E-state index in [9.17, 15) is 4.79 Å². The molecular weight excluding hydrogens is 298 g/mol. The Hall–Kier alpha value is -2.33. The number of rotatable bonds is 5. The third-order valence-corrected chi connectivity index (χ3v) is 4.56. The second kappa shape index (κ2) is 7.97. The normalized spacial score (nSPS) is 20.1. The summed E-state index contributed by atoms with van der Waals surface area (Å²) in [6.45, 7) is 3.38. The van der Waals surface area contributed by atoms with Crippen molar-refractivity contribution in [2.45, 2.75) is 31.3 Å².